The fourth-order valence-corrected chi connectivity index (χ4v) is 4.19. The van der Waals surface area contributed by atoms with Crippen LogP contribution < -0.4 is 0 Å². The number of carbonyl (C=O) groups excluding carboxylic acids is 1. The molecule has 2 saturated heterocycles. The largest absolute Gasteiger partial charge is 0.333 e. The number of amides is 1. The minimum atomic E-state index is 0.0507. The number of carbonyl (C=O) groups is 1. The molecule has 4 heterocycles. The van der Waals surface area contributed by atoms with E-state index >= 15 is 0 Å². The predicted octanol–water partition coefficient (Wildman–Crippen LogP) is 2.63. The predicted molar refractivity (Wildman–Crippen MR) is 95.5 cm³/mol. The van der Waals surface area contributed by atoms with Crippen LogP contribution in [0.1, 0.15) is 36.8 Å². The molecule has 2 aromatic heterocycles. The zero-order chi connectivity index (χ0) is 17.1. The van der Waals surface area contributed by atoms with Crippen molar-refractivity contribution in [1.82, 2.24) is 19.8 Å². The van der Waals surface area contributed by atoms with Crippen LogP contribution in [0.2, 0.25) is 0 Å². The summed E-state index contributed by atoms with van der Waals surface area (Å²) >= 11 is 0. The Morgan fingerprint density at radius 3 is 2.00 bits per heavy atom. The maximum absolute atomic E-state index is 12.5. The number of hydrogen-bond donors (Lipinski definition) is 0. The Hall–Kier alpha value is -2.27. The third-order valence-corrected chi connectivity index (χ3v) is 5.71. The van der Waals surface area contributed by atoms with Crippen molar-refractivity contribution in [3.63, 3.8) is 0 Å². The minimum Gasteiger partial charge on any atom is -0.333 e. The second kappa shape index (κ2) is 6.92. The first kappa shape index (κ1) is 16.2. The van der Waals surface area contributed by atoms with Crippen LogP contribution in [0.5, 0.6) is 0 Å². The number of nitrogens with zero attached hydrogens (tertiary/aromatic N) is 4. The van der Waals surface area contributed by atoms with Crippen LogP contribution in [0.4, 0.5) is 0 Å². The Labute approximate surface area is 148 Å². The Morgan fingerprint density at radius 2 is 1.40 bits per heavy atom. The first-order chi connectivity index (χ1) is 12.3. The molecular weight excluding hydrogens is 312 g/mol. The number of likely N-dealkylation sites (tertiary alicyclic amines) is 2. The van der Waals surface area contributed by atoms with Crippen LogP contribution >= 0.6 is 0 Å². The maximum Gasteiger partial charge on any atom is 0.223 e. The van der Waals surface area contributed by atoms with Crippen LogP contribution in [0, 0.1) is 0 Å². The van der Waals surface area contributed by atoms with Crippen molar-refractivity contribution in [2.75, 3.05) is 13.1 Å². The van der Waals surface area contributed by atoms with Crippen molar-refractivity contribution < 1.29 is 4.79 Å². The van der Waals surface area contributed by atoms with Gasteiger partial charge in [-0.2, -0.15) is 0 Å². The summed E-state index contributed by atoms with van der Waals surface area (Å²) in [6.45, 7) is 3.77. The third-order valence-electron chi connectivity index (χ3n) is 5.71. The highest BCUT2D eigenvalue weighted by Gasteiger charge is 2.46. The number of hydrogen-bond acceptors (Lipinski definition) is 4. The molecule has 5 nitrogen and oxygen atoms in total. The molecule has 1 spiro atoms. The van der Waals surface area contributed by atoms with Gasteiger partial charge in [-0.1, -0.05) is 0 Å². The lowest BCUT2D eigenvalue weighted by Crippen LogP contribution is -2.52. The first-order valence-corrected chi connectivity index (χ1v) is 9.06. The van der Waals surface area contributed by atoms with E-state index in [1.54, 1.807) is 12.4 Å². The van der Waals surface area contributed by atoms with Gasteiger partial charge in [0.15, 0.2) is 0 Å². The molecule has 0 radical (unpaired) electrons. The van der Waals surface area contributed by atoms with Gasteiger partial charge in [0, 0.05) is 62.9 Å². The van der Waals surface area contributed by atoms with Crippen molar-refractivity contribution in [1.29, 1.82) is 0 Å². The van der Waals surface area contributed by atoms with E-state index in [1.807, 2.05) is 24.5 Å². The van der Waals surface area contributed by atoms with Gasteiger partial charge in [-0.15, -0.1) is 0 Å². The Morgan fingerprint density at radius 1 is 0.840 bits per heavy atom. The molecule has 0 bridgehead atoms. The maximum atomic E-state index is 12.5. The van der Waals surface area contributed by atoms with Gasteiger partial charge in [-0.05, 0) is 54.7 Å². The van der Waals surface area contributed by atoms with Crippen molar-refractivity contribution in [3.05, 3.63) is 60.2 Å². The quantitative estimate of drug-likeness (QED) is 0.861. The fourth-order valence-electron chi connectivity index (χ4n) is 4.19. The van der Waals surface area contributed by atoms with Crippen LogP contribution in [0.3, 0.4) is 0 Å². The zero-order valence-electron chi connectivity index (χ0n) is 14.5. The van der Waals surface area contributed by atoms with E-state index in [4.69, 9.17) is 0 Å². The molecule has 2 aromatic rings. The summed E-state index contributed by atoms with van der Waals surface area (Å²) in [5.41, 5.74) is 2.53. The standard InChI is InChI=1S/C20H24N4O/c25-19-1-6-20(24(19)16-18-4-11-22-12-5-18)7-13-23(14-8-20)15-17-2-9-21-10-3-17/h2-5,9-12H,1,6-8,13-16H2. The van der Waals surface area contributed by atoms with E-state index in [9.17, 15) is 4.79 Å². The molecule has 5 heteroatoms. The lowest BCUT2D eigenvalue weighted by atomic mass is 9.84. The smallest absolute Gasteiger partial charge is 0.223 e. The van der Waals surface area contributed by atoms with Crippen LogP contribution in [-0.4, -0.2) is 44.3 Å². The number of aromatic nitrogens is 2. The van der Waals surface area contributed by atoms with Gasteiger partial charge in [0.1, 0.15) is 0 Å². The van der Waals surface area contributed by atoms with E-state index in [1.165, 1.54) is 11.1 Å². The van der Waals surface area contributed by atoms with Crippen molar-refractivity contribution >= 4 is 5.91 Å². The lowest BCUT2D eigenvalue weighted by Gasteiger charge is -2.45. The van der Waals surface area contributed by atoms with E-state index in [-0.39, 0.29) is 5.54 Å². The molecule has 2 aliphatic rings. The minimum absolute atomic E-state index is 0.0507. The van der Waals surface area contributed by atoms with Crippen LogP contribution in [0.15, 0.2) is 49.1 Å². The SMILES string of the molecule is O=C1CCC2(CCN(Cc3ccncc3)CC2)N1Cc1ccncc1. The Kier molecular flexibility index (Phi) is 4.49. The molecule has 1 amide bonds. The van der Waals surface area contributed by atoms with Gasteiger partial charge in [0.2, 0.25) is 5.91 Å². The average molecular weight is 336 g/mol. The van der Waals surface area contributed by atoms with Crippen molar-refractivity contribution in [2.45, 2.75) is 44.3 Å². The highest BCUT2D eigenvalue weighted by molar-refractivity contribution is 5.79. The summed E-state index contributed by atoms with van der Waals surface area (Å²) < 4.78 is 0. The molecule has 0 atom stereocenters. The summed E-state index contributed by atoms with van der Waals surface area (Å²) in [6, 6.07) is 8.19. The van der Waals surface area contributed by atoms with Crippen LogP contribution in [-0.2, 0) is 17.9 Å². The van der Waals surface area contributed by atoms with Crippen molar-refractivity contribution in [2.24, 2.45) is 0 Å². The molecule has 2 fully saturated rings. The molecular formula is C20H24N4O. The monoisotopic (exact) mass is 336 g/mol. The van der Waals surface area contributed by atoms with Gasteiger partial charge >= 0.3 is 0 Å². The number of piperidine rings is 1. The zero-order valence-corrected chi connectivity index (χ0v) is 14.5. The van der Waals surface area contributed by atoms with Gasteiger partial charge in [-0.25, -0.2) is 0 Å². The summed E-state index contributed by atoms with van der Waals surface area (Å²) in [5.74, 6) is 0.305. The van der Waals surface area contributed by atoms with Crippen molar-refractivity contribution in [3.8, 4) is 0 Å². The molecule has 0 aromatic carbocycles. The first-order valence-electron chi connectivity index (χ1n) is 9.06. The molecule has 0 aliphatic carbocycles. The number of pyridine rings is 2. The van der Waals surface area contributed by atoms with E-state index in [2.05, 4.69) is 31.9 Å². The summed E-state index contributed by atoms with van der Waals surface area (Å²) in [7, 11) is 0. The van der Waals surface area contributed by atoms with Gasteiger partial charge < -0.3 is 4.90 Å². The van der Waals surface area contributed by atoms with Gasteiger partial charge in [0.25, 0.3) is 0 Å². The summed E-state index contributed by atoms with van der Waals surface area (Å²) in [5, 5.41) is 0. The lowest BCUT2D eigenvalue weighted by molar-refractivity contribution is -0.133. The topological polar surface area (TPSA) is 49.3 Å². The Balaban J connectivity index is 1.42. The molecule has 0 unspecified atom stereocenters. The second-order valence-electron chi connectivity index (χ2n) is 7.19. The Bertz CT molecular complexity index is 711. The van der Waals surface area contributed by atoms with Crippen LogP contribution in [0.25, 0.3) is 0 Å². The normalized spacial score (nSPS) is 20.3. The molecule has 25 heavy (non-hydrogen) atoms. The highest BCUT2D eigenvalue weighted by Crippen LogP contribution is 2.40. The molecule has 4 rings (SSSR count). The highest BCUT2D eigenvalue weighted by atomic mass is 16.2. The molecule has 2 aliphatic heterocycles. The third kappa shape index (κ3) is 3.42. The van der Waals surface area contributed by atoms with E-state index in [0.29, 0.717) is 18.9 Å². The average Bonchev–Trinajstić information content (AvgIpc) is 2.95. The van der Waals surface area contributed by atoms with E-state index < -0.39 is 0 Å². The molecule has 0 N–H and O–H groups in total. The molecule has 130 valence electrons. The summed E-state index contributed by atoms with van der Waals surface area (Å²) in [6.07, 6.45) is 11.1. The van der Waals surface area contributed by atoms with Gasteiger partial charge in [0.05, 0.1) is 0 Å². The van der Waals surface area contributed by atoms with E-state index in [0.717, 1.165) is 38.9 Å². The second-order valence-corrected chi connectivity index (χ2v) is 7.19. The fraction of sp³-hybridized carbons (Fsp3) is 0.450. The van der Waals surface area contributed by atoms with Gasteiger partial charge in [-0.3, -0.25) is 19.7 Å². The summed E-state index contributed by atoms with van der Waals surface area (Å²) in [4.78, 5) is 25.3. The number of rotatable bonds is 4. The molecule has 0 saturated carbocycles.